The summed E-state index contributed by atoms with van der Waals surface area (Å²) >= 11 is 0. The Bertz CT molecular complexity index is 320. The van der Waals surface area contributed by atoms with Crippen LogP contribution in [0, 0.1) is 11.3 Å². The molecule has 19 heavy (non-hydrogen) atoms. The maximum Gasteiger partial charge on any atom is 0.323 e. The van der Waals surface area contributed by atoms with Gasteiger partial charge in [0.1, 0.15) is 0 Å². The molecule has 0 aromatic rings. The lowest BCUT2D eigenvalue weighted by atomic mass is 9.72. The molecule has 2 unspecified atom stereocenters. The van der Waals surface area contributed by atoms with Gasteiger partial charge in [0.25, 0.3) is 0 Å². The van der Waals surface area contributed by atoms with Crippen LogP contribution < -0.4 is 0 Å². The fourth-order valence-corrected chi connectivity index (χ4v) is 2.56. The summed E-state index contributed by atoms with van der Waals surface area (Å²) in [6, 6.07) is 0. The summed E-state index contributed by atoms with van der Waals surface area (Å²) in [6.45, 7) is 6.00. The molecule has 1 fully saturated rings. The number of hydrogen-bond donors (Lipinski definition) is 1. The van der Waals surface area contributed by atoms with Crippen molar-refractivity contribution in [1.82, 2.24) is 0 Å². The monoisotopic (exact) mass is 272 g/mol. The summed E-state index contributed by atoms with van der Waals surface area (Å²) in [5, 5.41) is 9.57. The van der Waals surface area contributed by atoms with E-state index in [0.29, 0.717) is 6.61 Å². The van der Waals surface area contributed by atoms with Gasteiger partial charge < -0.3 is 14.6 Å². The van der Waals surface area contributed by atoms with Crippen LogP contribution in [0.25, 0.3) is 0 Å². The van der Waals surface area contributed by atoms with Crippen molar-refractivity contribution in [2.75, 3.05) is 13.2 Å². The fraction of sp³-hybridized carbons (Fsp3) is 0.857. The second kappa shape index (κ2) is 6.89. The molecular formula is C14H24O5. The first-order valence-corrected chi connectivity index (χ1v) is 6.97. The maximum absolute atomic E-state index is 12.2. The van der Waals surface area contributed by atoms with Crippen molar-refractivity contribution in [3.05, 3.63) is 0 Å². The topological polar surface area (TPSA) is 72.8 Å². The van der Waals surface area contributed by atoms with E-state index < -0.39 is 17.4 Å². The molecule has 0 aromatic heterocycles. The second-order valence-electron chi connectivity index (χ2n) is 5.34. The number of carbonyl (C=O) groups is 2. The van der Waals surface area contributed by atoms with Gasteiger partial charge in [-0.25, -0.2) is 0 Å². The van der Waals surface area contributed by atoms with Gasteiger partial charge in [0, 0.05) is 13.0 Å². The Labute approximate surface area is 114 Å². The third kappa shape index (κ3) is 3.47. The zero-order chi connectivity index (χ0) is 14.5. The lowest BCUT2D eigenvalue weighted by molar-refractivity contribution is -0.176. The van der Waals surface area contributed by atoms with E-state index in [1.165, 1.54) is 0 Å². The van der Waals surface area contributed by atoms with Crippen molar-refractivity contribution < 1.29 is 24.2 Å². The molecule has 110 valence electrons. The van der Waals surface area contributed by atoms with E-state index in [2.05, 4.69) is 0 Å². The quantitative estimate of drug-likeness (QED) is 0.593. The smallest absolute Gasteiger partial charge is 0.323 e. The highest BCUT2D eigenvalue weighted by Crippen LogP contribution is 2.37. The summed E-state index contributed by atoms with van der Waals surface area (Å²) in [6.07, 6.45) is 2.84. The first-order valence-electron chi connectivity index (χ1n) is 6.97. The van der Waals surface area contributed by atoms with Crippen LogP contribution in [0.3, 0.4) is 0 Å². The van der Waals surface area contributed by atoms with E-state index in [9.17, 15) is 14.7 Å². The molecule has 0 bridgehead atoms. The van der Waals surface area contributed by atoms with Gasteiger partial charge in [0.15, 0.2) is 5.41 Å². The zero-order valence-electron chi connectivity index (χ0n) is 12.0. The minimum absolute atomic E-state index is 0.170. The highest BCUT2D eigenvalue weighted by Gasteiger charge is 2.52. The van der Waals surface area contributed by atoms with Crippen molar-refractivity contribution in [2.45, 2.75) is 52.6 Å². The fourth-order valence-electron chi connectivity index (χ4n) is 2.56. The molecule has 1 saturated heterocycles. The van der Waals surface area contributed by atoms with E-state index in [-0.39, 0.29) is 25.0 Å². The van der Waals surface area contributed by atoms with Crippen LogP contribution in [-0.2, 0) is 19.1 Å². The number of carboxylic acid groups (broad SMARTS) is 1. The molecule has 0 spiro atoms. The zero-order valence-corrected chi connectivity index (χ0v) is 12.0. The molecule has 1 heterocycles. The SMILES string of the molecule is CCOC(=O)C(CC1CCCCO1)(C(=O)O)C(C)C. The number of ether oxygens (including phenoxy) is 2. The van der Waals surface area contributed by atoms with E-state index in [1.54, 1.807) is 20.8 Å². The van der Waals surface area contributed by atoms with Gasteiger partial charge in [-0.2, -0.15) is 0 Å². The Hall–Kier alpha value is -1.10. The van der Waals surface area contributed by atoms with Crippen molar-refractivity contribution in [3.8, 4) is 0 Å². The number of hydrogen-bond acceptors (Lipinski definition) is 4. The molecule has 2 atom stereocenters. The average Bonchev–Trinajstić information content (AvgIpc) is 2.36. The first kappa shape index (κ1) is 16.0. The van der Waals surface area contributed by atoms with Crippen LogP contribution in [-0.4, -0.2) is 36.4 Å². The van der Waals surface area contributed by atoms with Crippen LogP contribution in [0.15, 0.2) is 0 Å². The third-order valence-corrected chi connectivity index (χ3v) is 3.83. The average molecular weight is 272 g/mol. The summed E-state index contributed by atoms with van der Waals surface area (Å²) in [4.78, 5) is 23.9. The highest BCUT2D eigenvalue weighted by molar-refractivity contribution is 5.99. The van der Waals surface area contributed by atoms with Crippen molar-refractivity contribution in [3.63, 3.8) is 0 Å². The van der Waals surface area contributed by atoms with Crippen LogP contribution >= 0.6 is 0 Å². The summed E-state index contributed by atoms with van der Waals surface area (Å²) < 4.78 is 10.6. The minimum Gasteiger partial charge on any atom is -0.480 e. The highest BCUT2D eigenvalue weighted by atomic mass is 16.5. The molecule has 1 rings (SSSR count). The molecule has 1 aliphatic rings. The maximum atomic E-state index is 12.2. The molecule has 1 N–H and O–H groups in total. The Morgan fingerprint density at radius 3 is 2.53 bits per heavy atom. The standard InChI is InChI=1S/C14H24O5/c1-4-18-13(17)14(10(2)3,12(15)16)9-11-7-5-6-8-19-11/h10-11H,4-9H2,1-3H3,(H,15,16). The predicted octanol–water partition coefficient (Wildman–Crippen LogP) is 2.24. The van der Waals surface area contributed by atoms with E-state index in [0.717, 1.165) is 19.3 Å². The molecule has 0 radical (unpaired) electrons. The van der Waals surface area contributed by atoms with Gasteiger partial charge in [0.2, 0.25) is 0 Å². The summed E-state index contributed by atoms with van der Waals surface area (Å²) in [5.74, 6) is -2.10. The van der Waals surface area contributed by atoms with E-state index in [1.807, 2.05) is 0 Å². The van der Waals surface area contributed by atoms with Gasteiger partial charge in [0.05, 0.1) is 12.7 Å². The molecule has 5 nitrogen and oxygen atoms in total. The van der Waals surface area contributed by atoms with Gasteiger partial charge >= 0.3 is 11.9 Å². The van der Waals surface area contributed by atoms with Crippen molar-refractivity contribution in [2.24, 2.45) is 11.3 Å². The Balaban J connectivity index is 2.94. The molecule has 0 amide bonds. The molecule has 0 aromatic carbocycles. The number of rotatable bonds is 6. The van der Waals surface area contributed by atoms with Crippen molar-refractivity contribution >= 4 is 11.9 Å². The summed E-state index contributed by atoms with van der Waals surface area (Å²) in [7, 11) is 0. The number of carbonyl (C=O) groups excluding carboxylic acids is 1. The molecule has 1 aliphatic heterocycles. The third-order valence-electron chi connectivity index (χ3n) is 3.83. The van der Waals surface area contributed by atoms with E-state index in [4.69, 9.17) is 9.47 Å². The lowest BCUT2D eigenvalue weighted by Gasteiger charge is -2.35. The van der Waals surface area contributed by atoms with Crippen LogP contribution in [0.1, 0.15) is 46.5 Å². The van der Waals surface area contributed by atoms with Crippen molar-refractivity contribution in [1.29, 1.82) is 0 Å². The largest absolute Gasteiger partial charge is 0.480 e. The van der Waals surface area contributed by atoms with Gasteiger partial charge in [-0.05, 0) is 32.1 Å². The lowest BCUT2D eigenvalue weighted by Crippen LogP contribution is -2.48. The molecular weight excluding hydrogens is 248 g/mol. The first-order chi connectivity index (χ1) is 8.95. The Morgan fingerprint density at radius 2 is 2.11 bits per heavy atom. The van der Waals surface area contributed by atoms with Gasteiger partial charge in [-0.1, -0.05) is 13.8 Å². The minimum atomic E-state index is -1.50. The van der Waals surface area contributed by atoms with Crippen LogP contribution in [0.4, 0.5) is 0 Å². The summed E-state index contributed by atoms with van der Waals surface area (Å²) in [5.41, 5.74) is -1.50. The Morgan fingerprint density at radius 1 is 1.42 bits per heavy atom. The van der Waals surface area contributed by atoms with Gasteiger partial charge in [-0.3, -0.25) is 9.59 Å². The number of carboxylic acids is 1. The van der Waals surface area contributed by atoms with Crippen LogP contribution in [0.2, 0.25) is 0 Å². The molecule has 0 aliphatic carbocycles. The Kier molecular flexibility index (Phi) is 5.79. The number of esters is 1. The number of aliphatic carboxylic acids is 1. The van der Waals surface area contributed by atoms with E-state index >= 15 is 0 Å². The second-order valence-corrected chi connectivity index (χ2v) is 5.34. The van der Waals surface area contributed by atoms with Crippen LogP contribution in [0.5, 0.6) is 0 Å². The van der Waals surface area contributed by atoms with Gasteiger partial charge in [-0.15, -0.1) is 0 Å². The molecule has 5 heteroatoms. The normalized spacial score (nSPS) is 22.8. The predicted molar refractivity (Wildman–Crippen MR) is 69.7 cm³/mol. The molecule has 0 saturated carbocycles.